The minimum Gasteiger partial charge on any atom is -0.494 e. The fourth-order valence-corrected chi connectivity index (χ4v) is 4.37. The lowest BCUT2D eigenvalue weighted by atomic mass is 9.97. The van der Waals surface area contributed by atoms with Crippen LogP contribution in [0.4, 0.5) is 5.69 Å². The van der Waals surface area contributed by atoms with Crippen molar-refractivity contribution in [2.24, 2.45) is 5.92 Å². The largest absolute Gasteiger partial charge is 0.494 e. The van der Waals surface area contributed by atoms with Crippen molar-refractivity contribution in [1.82, 2.24) is 4.90 Å². The van der Waals surface area contributed by atoms with Crippen molar-refractivity contribution in [2.75, 3.05) is 24.6 Å². The van der Waals surface area contributed by atoms with E-state index in [0.29, 0.717) is 35.2 Å². The molecule has 0 N–H and O–H groups in total. The molecular formula is C27H32N2O4. The van der Waals surface area contributed by atoms with E-state index in [1.54, 1.807) is 24.3 Å². The fourth-order valence-electron chi connectivity index (χ4n) is 4.37. The molecule has 6 heteroatoms. The van der Waals surface area contributed by atoms with Gasteiger partial charge in [-0.15, -0.1) is 0 Å². The SMILES string of the molecule is CCOc1ccc(C2=C(N3CCC(C)CC3)C(=O)N(c3ccc(OC(C)C)cc3)C2=O)cc1. The minimum absolute atomic E-state index is 0.0481. The van der Waals surface area contributed by atoms with E-state index >= 15 is 0 Å². The molecule has 2 aliphatic rings. The molecule has 2 aliphatic heterocycles. The van der Waals surface area contributed by atoms with Gasteiger partial charge in [-0.3, -0.25) is 9.59 Å². The Morgan fingerprint density at radius 2 is 1.52 bits per heavy atom. The van der Waals surface area contributed by atoms with Gasteiger partial charge in [0.15, 0.2) is 0 Å². The quantitative estimate of drug-likeness (QED) is 0.565. The van der Waals surface area contributed by atoms with E-state index < -0.39 is 0 Å². The Morgan fingerprint density at radius 1 is 0.909 bits per heavy atom. The van der Waals surface area contributed by atoms with Gasteiger partial charge in [-0.1, -0.05) is 19.1 Å². The van der Waals surface area contributed by atoms with Crippen molar-refractivity contribution in [3.63, 3.8) is 0 Å². The van der Waals surface area contributed by atoms with Crippen LogP contribution >= 0.6 is 0 Å². The third kappa shape index (κ3) is 4.75. The highest BCUT2D eigenvalue weighted by Gasteiger charge is 2.43. The van der Waals surface area contributed by atoms with Crippen LogP contribution in [0.15, 0.2) is 54.2 Å². The smallest absolute Gasteiger partial charge is 0.282 e. The Balaban J connectivity index is 1.71. The summed E-state index contributed by atoms with van der Waals surface area (Å²) >= 11 is 0. The first-order chi connectivity index (χ1) is 15.9. The summed E-state index contributed by atoms with van der Waals surface area (Å²) in [6.07, 6.45) is 2.05. The topological polar surface area (TPSA) is 59.1 Å². The molecule has 33 heavy (non-hydrogen) atoms. The van der Waals surface area contributed by atoms with Crippen LogP contribution in [0.1, 0.15) is 46.1 Å². The number of piperidine rings is 1. The highest BCUT2D eigenvalue weighted by Crippen LogP contribution is 2.37. The second kappa shape index (κ2) is 9.69. The van der Waals surface area contributed by atoms with Gasteiger partial charge in [-0.2, -0.15) is 0 Å². The molecule has 2 aromatic carbocycles. The average Bonchev–Trinajstić information content (AvgIpc) is 3.05. The van der Waals surface area contributed by atoms with Crippen molar-refractivity contribution >= 4 is 23.1 Å². The van der Waals surface area contributed by atoms with E-state index in [-0.39, 0.29) is 17.9 Å². The predicted octanol–water partition coefficient (Wildman–Crippen LogP) is 4.89. The summed E-state index contributed by atoms with van der Waals surface area (Å²) in [5.74, 6) is 1.50. The summed E-state index contributed by atoms with van der Waals surface area (Å²) < 4.78 is 11.3. The maximum absolute atomic E-state index is 13.7. The highest BCUT2D eigenvalue weighted by atomic mass is 16.5. The molecule has 0 bridgehead atoms. The number of hydrogen-bond acceptors (Lipinski definition) is 5. The Bertz CT molecular complexity index is 1030. The van der Waals surface area contributed by atoms with Gasteiger partial charge in [0.2, 0.25) is 0 Å². The number of rotatable bonds is 7. The molecule has 1 saturated heterocycles. The number of carbonyl (C=O) groups is 2. The zero-order valence-electron chi connectivity index (χ0n) is 19.8. The highest BCUT2D eigenvalue weighted by molar-refractivity contribution is 6.45. The maximum Gasteiger partial charge on any atom is 0.282 e. The van der Waals surface area contributed by atoms with Crippen molar-refractivity contribution in [1.29, 1.82) is 0 Å². The van der Waals surface area contributed by atoms with Gasteiger partial charge >= 0.3 is 0 Å². The standard InChI is InChI=1S/C27H32N2O4/c1-5-32-22-10-6-20(7-11-22)24-25(28-16-14-19(4)15-17-28)27(31)29(26(24)30)21-8-12-23(13-9-21)33-18(2)3/h6-13,18-19H,5,14-17H2,1-4H3. The Morgan fingerprint density at radius 3 is 2.09 bits per heavy atom. The number of amides is 2. The van der Waals surface area contributed by atoms with Crippen LogP contribution in [0.25, 0.3) is 5.57 Å². The lowest BCUT2D eigenvalue weighted by Crippen LogP contribution is -2.38. The van der Waals surface area contributed by atoms with Gasteiger partial charge in [-0.25, -0.2) is 4.90 Å². The number of carbonyl (C=O) groups excluding carboxylic acids is 2. The maximum atomic E-state index is 13.7. The monoisotopic (exact) mass is 448 g/mol. The van der Waals surface area contributed by atoms with Gasteiger partial charge in [-0.05, 0) is 81.5 Å². The number of ether oxygens (including phenoxy) is 2. The van der Waals surface area contributed by atoms with E-state index in [1.165, 1.54) is 4.90 Å². The number of likely N-dealkylation sites (tertiary alicyclic amines) is 1. The summed E-state index contributed by atoms with van der Waals surface area (Å²) in [7, 11) is 0. The lowest BCUT2D eigenvalue weighted by molar-refractivity contribution is -0.120. The Labute approximate surface area is 195 Å². The molecule has 0 aliphatic carbocycles. The Hall–Kier alpha value is -3.28. The molecule has 0 saturated carbocycles. The second-order valence-electron chi connectivity index (χ2n) is 8.96. The first kappa shape index (κ1) is 22.9. The number of anilines is 1. The number of benzene rings is 2. The van der Waals surface area contributed by atoms with Crippen LogP contribution in [0.3, 0.4) is 0 Å². The fraction of sp³-hybridized carbons (Fsp3) is 0.407. The number of nitrogens with zero attached hydrogens (tertiary/aromatic N) is 2. The van der Waals surface area contributed by atoms with E-state index in [9.17, 15) is 9.59 Å². The van der Waals surface area contributed by atoms with Crippen LogP contribution < -0.4 is 14.4 Å². The molecule has 0 radical (unpaired) electrons. The zero-order chi connectivity index (χ0) is 23.5. The van der Waals surface area contributed by atoms with Gasteiger partial charge in [0.05, 0.1) is 24.0 Å². The van der Waals surface area contributed by atoms with Crippen molar-refractivity contribution in [2.45, 2.75) is 46.6 Å². The molecule has 174 valence electrons. The number of imide groups is 1. The molecule has 2 amide bonds. The summed E-state index contributed by atoms with van der Waals surface area (Å²) in [6.45, 7) is 10.2. The van der Waals surface area contributed by atoms with E-state index in [0.717, 1.165) is 37.2 Å². The van der Waals surface area contributed by atoms with E-state index in [4.69, 9.17) is 9.47 Å². The molecule has 6 nitrogen and oxygen atoms in total. The molecule has 2 aromatic rings. The van der Waals surface area contributed by atoms with Crippen LogP contribution in [0.2, 0.25) is 0 Å². The normalized spacial score (nSPS) is 17.4. The van der Waals surface area contributed by atoms with Crippen molar-refractivity contribution in [3.8, 4) is 11.5 Å². The lowest BCUT2D eigenvalue weighted by Gasteiger charge is -2.32. The molecule has 0 aromatic heterocycles. The first-order valence-electron chi connectivity index (χ1n) is 11.8. The minimum atomic E-state index is -0.296. The van der Waals surface area contributed by atoms with Crippen LogP contribution in [0.5, 0.6) is 11.5 Å². The van der Waals surface area contributed by atoms with Crippen molar-refractivity contribution < 1.29 is 19.1 Å². The summed E-state index contributed by atoms with van der Waals surface area (Å²) in [5, 5.41) is 0. The van der Waals surface area contributed by atoms with Gasteiger partial charge in [0, 0.05) is 13.1 Å². The number of hydrogen-bond donors (Lipinski definition) is 0. The third-order valence-electron chi connectivity index (χ3n) is 6.08. The van der Waals surface area contributed by atoms with E-state index in [1.807, 2.05) is 45.0 Å². The van der Waals surface area contributed by atoms with Gasteiger partial charge < -0.3 is 14.4 Å². The molecular weight excluding hydrogens is 416 g/mol. The molecule has 0 unspecified atom stereocenters. The van der Waals surface area contributed by atoms with Crippen LogP contribution in [0, 0.1) is 5.92 Å². The van der Waals surface area contributed by atoms with Crippen molar-refractivity contribution in [3.05, 3.63) is 59.8 Å². The molecule has 4 rings (SSSR count). The van der Waals surface area contributed by atoms with Gasteiger partial charge in [0.25, 0.3) is 11.8 Å². The first-order valence-corrected chi connectivity index (χ1v) is 11.8. The average molecular weight is 449 g/mol. The van der Waals surface area contributed by atoms with Crippen LogP contribution in [-0.4, -0.2) is 42.5 Å². The predicted molar refractivity (Wildman–Crippen MR) is 129 cm³/mol. The Kier molecular flexibility index (Phi) is 6.72. The second-order valence-corrected chi connectivity index (χ2v) is 8.96. The molecule has 1 fully saturated rings. The summed E-state index contributed by atoms with van der Waals surface area (Å²) in [5.41, 5.74) is 2.23. The summed E-state index contributed by atoms with van der Waals surface area (Å²) in [6, 6.07) is 14.6. The third-order valence-corrected chi connectivity index (χ3v) is 6.08. The molecule has 0 atom stereocenters. The molecule has 0 spiro atoms. The molecule has 2 heterocycles. The van der Waals surface area contributed by atoms with Crippen LogP contribution in [-0.2, 0) is 9.59 Å². The zero-order valence-corrected chi connectivity index (χ0v) is 19.8. The van der Waals surface area contributed by atoms with E-state index in [2.05, 4.69) is 11.8 Å². The summed E-state index contributed by atoms with van der Waals surface area (Å²) in [4.78, 5) is 30.7. The van der Waals surface area contributed by atoms with Gasteiger partial charge in [0.1, 0.15) is 17.2 Å².